The topological polar surface area (TPSA) is 71.8 Å². The van der Waals surface area contributed by atoms with Gasteiger partial charge in [0.25, 0.3) is 5.91 Å². The molecular formula is C17H26N2O4. The number of rotatable bonds is 5. The minimum absolute atomic E-state index is 0.0471. The fourth-order valence-corrected chi connectivity index (χ4v) is 3.63. The van der Waals surface area contributed by atoms with E-state index in [0.717, 1.165) is 11.4 Å². The second-order valence-electron chi connectivity index (χ2n) is 6.55. The van der Waals surface area contributed by atoms with Crippen molar-refractivity contribution in [1.82, 2.24) is 9.47 Å². The van der Waals surface area contributed by atoms with E-state index in [1.54, 1.807) is 12.0 Å². The van der Waals surface area contributed by atoms with E-state index in [9.17, 15) is 9.59 Å². The number of carboxylic acid groups (broad SMARTS) is 1. The van der Waals surface area contributed by atoms with E-state index in [1.807, 2.05) is 19.9 Å². The second kappa shape index (κ2) is 6.74. The molecule has 6 heteroatoms. The van der Waals surface area contributed by atoms with Crippen LogP contribution in [0.4, 0.5) is 0 Å². The standard InChI is InChI=1S/C17H26N2O4/c1-10(2)19-11(3)6-15(12(19)4)17(22)18-9-14(23-5)7-13(18)8-16(20)21/h6,10,13-14H,7-9H2,1-5H3,(H,20,21). The van der Waals surface area contributed by atoms with Crippen LogP contribution in [0.25, 0.3) is 0 Å². The van der Waals surface area contributed by atoms with Gasteiger partial charge in [-0.05, 0) is 40.2 Å². The number of aryl methyl sites for hydroxylation is 1. The average Bonchev–Trinajstić information content (AvgIpc) is 2.98. The summed E-state index contributed by atoms with van der Waals surface area (Å²) in [7, 11) is 1.60. The highest BCUT2D eigenvalue weighted by Crippen LogP contribution is 2.28. The lowest BCUT2D eigenvalue weighted by Crippen LogP contribution is -2.37. The Bertz CT molecular complexity index is 606. The largest absolute Gasteiger partial charge is 0.481 e. The maximum atomic E-state index is 13.0. The SMILES string of the molecule is COC1CC(CC(=O)O)N(C(=O)c2cc(C)n(C(C)C)c2C)C1. The minimum atomic E-state index is -0.891. The normalized spacial score (nSPS) is 21.2. The quantitative estimate of drug-likeness (QED) is 0.903. The number of amides is 1. The first-order chi connectivity index (χ1) is 10.8. The fourth-order valence-electron chi connectivity index (χ4n) is 3.63. The fraction of sp³-hybridized carbons (Fsp3) is 0.647. The zero-order chi connectivity index (χ0) is 17.3. The van der Waals surface area contributed by atoms with Crippen LogP contribution >= 0.6 is 0 Å². The van der Waals surface area contributed by atoms with Crippen molar-refractivity contribution in [3.8, 4) is 0 Å². The Morgan fingerprint density at radius 3 is 2.52 bits per heavy atom. The van der Waals surface area contributed by atoms with E-state index in [1.165, 1.54) is 0 Å². The summed E-state index contributed by atoms with van der Waals surface area (Å²) in [6.07, 6.45) is 0.420. The van der Waals surface area contributed by atoms with E-state index >= 15 is 0 Å². The van der Waals surface area contributed by atoms with Gasteiger partial charge in [0.2, 0.25) is 0 Å². The lowest BCUT2D eigenvalue weighted by molar-refractivity contribution is -0.137. The predicted octanol–water partition coefficient (Wildman–Crippen LogP) is 2.39. The number of nitrogens with zero attached hydrogens (tertiary/aromatic N) is 2. The van der Waals surface area contributed by atoms with Gasteiger partial charge in [0.1, 0.15) is 0 Å². The Hall–Kier alpha value is -1.82. The Morgan fingerprint density at radius 2 is 2.04 bits per heavy atom. The molecule has 1 saturated heterocycles. The molecule has 1 N–H and O–H groups in total. The van der Waals surface area contributed by atoms with Gasteiger partial charge in [0.15, 0.2) is 0 Å². The van der Waals surface area contributed by atoms with Crippen LogP contribution in [-0.4, -0.2) is 52.3 Å². The molecule has 0 aliphatic carbocycles. The lowest BCUT2D eigenvalue weighted by Gasteiger charge is -2.23. The van der Waals surface area contributed by atoms with Crippen LogP contribution in [0.1, 0.15) is 54.5 Å². The Balaban J connectivity index is 2.31. The molecule has 2 rings (SSSR count). The summed E-state index contributed by atoms with van der Waals surface area (Å²) in [5.74, 6) is -0.993. The molecule has 6 nitrogen and oxygen atoms in total. The molecule has 23 heavy (non-hydrogen) atoms. The molecule has 2 heterocycles. The number of hydrogen-bond donors (Lipinski definition) is 1. The first kappa shape index (κ1) is 17.5. The molecule has 1 aromatic rings. The highest BCUT2D eigenvalue weighted by Gasteiger charge is 2.37. The van der Waals surface area contributed by atoms with Gasteiger partial charge < -0.3 is 19.3 Å². The van der Waals surface area contributed by atoms with E-state index in [4.69, 9.17) is 9.84 Å². The molecule has 2 unspecified atom stereocenters. The monoisotopic (exact) mass is 322 g/mol. The van der Waals surface area contributed by atoms with Crippen LogP contribution in [0.3, 0.4) is 0 Å². The Kier molecular flexibility index (Phi) is 5.14. The highest BCUT2D eigenvalue weighted by atomic mass is 16.5. The van der Waals surface area contributed by atoms with Crippen molar-refractivity contribution in [1.29, 1.82) is 0 Å². The van der Waals surface area contributed by atoms with Crippen LogP contribution in [-0.2, 0) is 9.53 Å². The zero-order valence-corrected chi connectivity index (χ0v) is 14.5. The molecule has 0 aromatic carbocycles. The number of ether oxygens (including phenoxy) is 1. The number of aromatic nitrogens is 1. The molecule has 0 radical (unpaired) electrons. The lowest BCUT2D eigenvalue weighted by atomic mass is 10.1. The van der Waals surface area contributed by atoms with Gasteiger partial charge in [-0.3, -0.25) is 9.59 Å². The van der Waals surface area contributed by atoms with Crippen LogP contribution in [0.5, 0.6) is 0 Å². The molecule has 1 aliphatic heterocycles. The summed E-state index contributed by atoms with van der Waals surface area (Å²) in [6, 6.07) is 1.86. The third-order valence-corrected chi connectivity index (χ3v) is 4.61. The highest BCUT2D eigenvalue weighted by molar-refractivity contribution is 5.96. The molecule has 1 amide bonds. The van der Waals surface area contributed by atoms with Crippen molar-refractivity contribution >= 4 is 11.9 Å². The summed E-state index contributed by atoms with van der Waals surface area (Å²) in [5.41, 5.74) is 2.62. The Morgan fingerprint density at radius 1 is 1.39 bits per heavy atom. The third-order valence-electron chi connectivity index (χ3n) is 4.61. The number of methoxy groups -OCH3 is 1. The number of aliphatic carboxylic acids is 1. The number of carbonyl (C=O) groups is 2. The van der Waals surface area contributed by atoms with Crippen molar-refractivity contribution in [3.63, 3.8) is 0 Å². The van der Waals surface area contributed by atoms with Gasteiger partial charge in [-0.1, -0.05) is 0 Å². The number of likely N-dealkylation sites (tertiary alicyclic amines) is 1. The summed E-state index contributed by atoms with van der Waals surface area (Å²) in [5, 5.41) is 9.10. The van der Waals surface area contributed by atoms with Crippen LogP contribution in [0, 0.1) is 13.8 Å². The van der Waals surface area contributed by atoms with Crippen molar-refractivity contribution in [2.24, 2.45) is 0 Å². The number of hydrogen-bond acceptors (Lipinski definition) is 3. The van der Waals surface area contributed by atoms with Crippen LogP contribution in [0.15, 0.2) is 6.07 Å². The summed E-state index contributed by atoms with van der Waals surface area (Å²) < 4.78 is 7.47. The first-order valence-electron chi connectivity index (χ1n) is 8.00. The third kappa shape index (κ3) is 3.42. The average molecular weight is 322 g/mol. The smallest absolute Gasteiger partial charge is 0.305 e. The summed E-state index contributed by atoms with van der Waals surface area (Å²) in [4.78, 5) is 25.7. The van der Waals surface area contributed by atoms with Crippen molar-refractivity contribution in [3.05, 3.63) is 23.0 Å². The van der Waals surface area contributed by atoms with Crippen LogP contribution < -0.4 is 0 Å². The summed E-state index contributed by atoms with van der Waals surface area (Å²) in [6.45, 7) is 8.53. The minimum Gasteiger partial charge on any atom is -0.481 e. The molecule has 0 saturated carbocycles. The van der Waals surface area contributed by atoms with E-state index in [2.05, 4.69) is 18.4 Å². The molecular weight excluding hydrogens is 296 g/mol. The van der Waals surface area contributed by atoms with Crippen molar-refractivity contribution in [2.75, 3.05) is 13.7 Å². The molecule has 1 fully saturated rings. The number of carboxylic acids is 1. The van der Waals surface area contributed by atoms with E-state index < -0.39 is 5.97 Å². The maximum Gasteiger partial charge on any atom is 0.305 e. The maximum absolute atomic E-state index is 13.0. The van der Waals surface area contributed by atoms with E-state index in [-0.39, 0.29) is 30.5 Å². The molecule has 1 aromatic heterocycles. The molecule has 0 spiro atoms. The van der Waals surface area contributed by atoms with Gasteiger partial charge in [0, 0.05) is 37.1 Å². The van der Waals surface area contributed by atoms with Gasteiger partial charge in [0.05, 0.1) is 18.1 Å². The van der Waals surface area contributed by atoms with Crippen molar-refractivity contribution < 1.29 is 19.4 Å². The number of carbonyl (C=O) groups excluding carboxylic acids is 1. The summed E-state index contributed by atoms with van der Waals surface area (Å²) >= 11 is 0. The zero-order valence-electron chi connectivity index (χ0n) is 14.5. The predicted molar refractivity (Wildman–Crippen MR) is 86.8 cm³/mol. The van der Waals surface area contributed by atoms with Crippen LogP contribution in [0.2, 0.25) is 0 Å². The van der Waals surface area contributed by atoms with Gasteiger partial charge in [-0.15, -0.1) is 0 Å². The van der Waals surface area contributed by atoms with Crippen molar-refractivity contribution in [2.45, 2.75) is 58.7 Å². The van der Waals surface area contributed by atoms with Gasteiger partial charge in [-0.2, -0.15) is 0 Å². The molecule has 1 aliphatic rings. The second-order valence-corrected chi connectivity index (χ2v) is 6.55. The molecule has 128 valence electrons. The first-order valence-corrected chi connectivity index (χ1v) is 8.00. The molecule has 0 bridgehead atoms. The Labute approximate surface area is 137 Å². The van der Waals surface area contributed by atoms with E-state index in [0.29, 0.717) is 18.5 Å². The van der Waals surface area contributed by atoms with Gasteiger partial charge in [-0.25, -0.2) is 0 Å². The molecule has 2 atom stereocenters. The van der Waals surface area contributed by atoms with Gasteiger partial charge >= 0.3 is 5.97 Å².